The predicted molar refractivity (Wildman–Crippen MR) is 153 cm³/mol. The Hall–Kier alpha value is -3.60. The first-order valence-corrected chi connectivity index (χ1v) is 14.1. The number of methoxy groups -OCH3 is 1. The number of amides is 1. The predicted octanol–water partition coefficient (Wildman–Crippen LogP) is 5.43. The van der Waals surface area contributed by atoms with E-state index < -0.39 is 17.8 Å². The van der Waals surface area contributed by atoms with Crippen LogP contribution in [0.15, 0.2) is 30.3 Å². The molecule has 2 aromatic carbocycles. The summed E-state index contributed by atoms with van der Waals surface area (Å²) in [5, 5.41) is 7.36. The zero-order valence-electron chi connectivity index (χ0n) is 23.6. The topological polar surface area (TPSA) is 105 Å². The van der Waals surface area contributed by atoms with Crippen molar-refractivity contribution in [1.29, 1.82) is 0 Å². The normalized spacial score (nSPS) is 20.6. The largest absolute Gasteiger partial charge is 0.496 e. The monoisotopic (exact) mass is 570 g/mol. The molecular weight excluding hydrogens is 533 g/mol. The molecule has 1 aliphatic heterocycles. The fourth-order valence-corrected chi connectivity index (χ4v) is 6.07. The maximum absolute atomic E-state index is 13.4. The molecule has 2 heterocycles. The third-order valence-electron chi connectivity index (χ3n) is 8.26. The molecule has 0 spiro atoms. The molecule has 4 N–H and O–H groups in total. The SMILES string of the molecule is COc1cc2nc(C)nc(N[C@H](C)c3cc(N)cc(C(F)(F)F)c3)c2cc1[C@H]1CC[C@H](C(=O)N2CCNCC2)CC1. The highest BCUT2D eigenvalue weighted by Gasteiger charge is 2.33. The summed E-state index contributed by atoms with van der Waals surface area (Å²) >= 11 is 0. The Kier molecular flexibility index (Phi) is 8.26. The summed E-state index contributed by atoms with van der Waals surface area (Å²) in [6.07, 6.45) is -1.14. The van der Waals surface area contributed by atoms with Crippen LogP contribution in [0.3, 0.4) is 0 Å². The van der Waals surface area contributed by atoms with Crippen molar-refractivity contribution in [1.82, 2.24) is 20.2 Å². The molecule has 8 nitrogen and oxygen atoms in total. The second-order valence-corrected chi connectivity index (χ2v) is 11.1. The molecule has 0 radical (unpaired) electrons. The van der Waals surface area contributed by atoms with Crippen molar-refractivity contribution in [3.63, 3.8) is 0 Å². The lowest BCUT2D eigenvalue weighted by Gasteiger charge is -2.34. The molecule has 1 atom stereocenters. The molecule has 41 heavy (non-hydrogen) atoms. The smallest absolute Gasteiger partial charge is 0.416 e. The van der Waals surface area contributed by atoms with Gasteiger partial charge in [-0.15, -0.1) is 0 Å². The third kappa shape index (κ3) is 6.34. The lowest BCUT2D eigenvalue weighted by molar-refractivity contribution is -0.138. The van der Waals surface area contributed by atoms with Crippen LogP contribution < -0.4 is 21.1 Å². The van der Waals surface area contributed by atoms with Crippen LogP contribution in [0.2, 0.25) is 0 Å². The quantitative estimate of drug-likeness (QED) is 0.340. The van der Waals surface area contributed by atoms with Crippen molar-refractivity contribution in [2.24, 2.45) is 5.92 Å². The van der Waals surface area contributed by atoms with Crippen LogP contribution in [0.1, 0.15) is 67.1 Å². The van der Waals surface area contributed by atoms with Crippen molar-refractivity contribution >= 4 is 28.3 Å². The van der Waals surface area contributed by atoms with Gasteiger partial charge in [0.05, 0.1) is 24.2 Å². The van der Waals surface area contributed by atoms with E-state index in [0.29, 0.717) is 22.7 Å². The van der Waals surface area contributed by atoms with E-state index in [-0.39, 0.29) is 23.4 Å². The number of anilines is 2. The van der Waals surface area contributed by atoms with Gasteiger partial charge in [-0.25, -0.2) is 9.97 Å². The van der Waals surface area contributed by atoms with Gasteiger partial charge in [-0.05, 0) is 80.8 Å². The van der Waals surface area contributed by atoms with Crippen LogP contribution in [0.25, 0.3) is 10.9 Å². The van der Waals surface area contributed by atoms with E-state index in [2.05, 4.69) is 20.6 Å². The lowest BCUT2D eigenvalue weighted by Crippen LogP contribution is -2.48. The van der Waals surface area contributed by atoms with E-state index in [1.807, 2.05) is 17.0 Å². The van der Waals surface area contributed by atoms with Crippen molar-refractivity contribution < 1.29 is 22.7 Å². The van der Waals surface area contributed by atoms with Gasteiger partial charge in [0.25, 0.3) is 0 Å². The van der Waals surface area contributed by atoms with Gasteiger partial charge in [-0.3, -0.25) is 4.79 Å². The number of fused-ring (bicyclic) bond motifs is 1. The standard InChI is InChI=1S/C30H37F3N6O2/c1-17(21-12-22(30(31,32)33)14-23(34)13-21)36-28-25-15-24(27(41-3)16-26(25)37-18(2)38-28)19-4-6-20(7-5-19)29(40)39-10-8-35-9-11-39/h12-17,19-20,35H,4-11,34H2,1-3H3,(H,36,37,38)/t17-,19-,20-/m1/s1. The van der Waals surface area contributed by atoms with E-state index in [4.69, 9.17) is 10.5 Å². The summed E-state index contributed by atoms with van der Waals surface area (Å²) < 4.78 is 46.1. The Bertz CT molecular complexity index is 1420. The van der Waals surface area contributed by atoms with E-state index in [1.165, 1.54) is 6.07 Å². The van der Waals surface area contributed by atoms with Crippen LogP contribution in [-0.4, -0.2) is 54.1 Å². The zero-order valence-corrected chi connectivity index (χ0v) is 23.6. The molecule has 11 heteroatoms. The molecule has 1 aliphatic carbocycles. The average molecular weight is 571 g/mol. The molecule has 0 unspecified atom stereocenters. The van der Waals surface area contributed by atoms with Crippen LogP contribution in [-0.2, 0) is 11.0 Å². The summed E-state index contributed by atoms with van der Waals surface area (Å²) in [7, 11) is 1.64. The van der Waals surface area contributed by atoms with E-state index in [9.17, 15) is 18.0 Å². The van der Waals surface area contributed by atoms with E-state index >= 15 is 0 Å². The minimum Gasteiger partial charge on any atom is -0.496 e. The molecule has 1 saturated heterocycles. The Labute approximate surface area is 237 Å². The number of hydrogen-bond donors (Lipinski definition) is 3. The molecule has 5 rings (SSSR count). The Morgan fingerprint density at radius 2 is 1.80 bits per heavy atom. The highest BCUT2D eigenvalue weighted by Crippen LogP contribution is 2.42. The van der Waals surface area contributed by atoms with E-state index in [1.54, 1.807) is 21.0 Å². The number of halogens is 3. The number of nitrogens with zero attached hydrogens (tertiary/aromatic N) is 3. The van der Waals surface area contributed by atoms with Crippen molar-refractivity contribution in [2.45, 2.75) is 57.7 Å². The van der Waals surface area contributed by atoms with Gasteiger partial charge in [-0.1, -0.05) is 0 Å². The summed E-state index contributed by atoms with van der Waals surface area (Å²) in [5.74, 6) is 2.29. The zero-order chi connectivity index (χ0) is 29.3. The fourth-order valence-electron chi connectivity index (χ4n) is 6.07. The molecular formula is C30H37F3N6O2. The van der Waals surface area contributed by atoms with E-state index in [0.717, 1.165) is 80.7 Å². The number of aromatic nitrogens is 2. The maximum atomic E-state index is 13.4. The van der Waals surface area contributed by atoms with Crippen LogP contribution in [0, 0.1) is 12.8 Å². The first kappa shape index (κ1) is 28.9. The first-order valence-electron chi connectivity index (χ1n) is 14.1. The molecule has 220 valence electrons. The Balaban J connectivity index is 1.41. The second-order valence-electron chi connectivity index (χ2n) is 11.1. The molecule has 1 amide bonds. The number of carbonyl (C=O) groups is 1. The van der Waals surface area contributed by atoms with Gasteiger partial charge in [-0.2, -0.15) is 13.2 Å². The fraction of sp³-hybridized carbons (Fsp3) is 0.500. The Morgan fingerprint density at radius 1 is 1.10 bits per heavy atom. The third-order valence-corrected chi connectivity index (χ3v) is 8.26. The van der Waals surface area contributed by atoms with Gasteiger partial charge < -0.3 is 26.0 Å². The maximum Gasteiger partial charge on any atom is 0.416 e. The number of piperazine rings is 1. The molecule has 3 aromatic rings. The minimum atomic E-state index is -4.50. The number of nitrogens with one attached hydrogen (secondary N) is 2. The molecule has 0 bridgehead atoms. The number of ether oxygens (including phenoxy) is 1. The number of aryl methyl sites for hydroxylation is 1. The average Bonchev–Trinajstić information content (AvgIpc) is 2.95. The summed E-state index contributed by atoms with van der Waals surface area (Å²) in [6, 6.07) is 7.01. The van der Waals surface area contributed by atoms with Crippen molar-refractivity contribution in [3.05, 3.63) is 52.8 Å². The number of hydrogen-bond acceptors (Lipinski definition) is 7. The number of nitrogens with two attached hydrogens (primary N) is 1. The number of rotatable bonds is 6. The van der Waals surface area contributed by atoms with Crippen molar-refractivity contribution in [3.8, 4) is 5.75 Å². The van der Waals surface area contributed by atoms with Gasteiger partial charge in [0.2, 0.25) is 5.91 Å². The highest BCUT2D eigenvalue weighted by molar-refractivity contribution is 5.91. The van der Waals surface area contributed by atoms with Gasteiger partial charge in [0.15, 0.2) is 0 Å². The number of alkyl halides is 3. The lowest BCUT2D eigenvalue weighted by atomic mass is 9.77. The number of benzene rings is 2. The number of nitrogen functional groups attached to an aromatic ring is 1. The molecule has 2 aliphatic rings. The van der Waals surface area contributed by atoms with Crippen molar-refractivity contribution in [2.75, 3.05) is 44.3 Å². The van der Waals surface area contributed by atoms with Gasteiger partial charge in [0.1, 0.15) is 17.4 Å². The number of carbonyl (C=O) groups excluding carboxylic acids is 1. The molecule has 1 aromatic heterocycles. The highest BCUT2D eigenvalue weighted by atomic mass is 19.4. The second kappa shape index (κ2) is 11.7. The van der Waals surface area contributed by atoms with Crippen LogP contribution >= 0.6 is 0 Å². The first-order chi connectivity index (χ1) is 19.5. The Morgan fingerprint density at radius 3 is 2.46 bits per heavy atom. The summed E-state index contributed by atoms with van der Waals surface area (Å²) in [5.41, 5.74) is 7.18. The van der Waals surface area contributed by atoms with Crippen LogP contribution in [0.5, 0.6) is 5.75 Å². The molecule has 2 fully saturated rings. The van der Waals surface area contributed by atoms with Gasteiger partial charge in [0, 0.05) is 49.2 Å². The van der Waals surface area contributed by atoms with Gasteiger partial charge >= 0.3 is 6.18 Å². The van der Waals surface area contributed by atoms with Crippen LogP contribution in [0.4, 0.5) is 24.7 Å². The summed E-state index contributed by atoms with van der Waals surface area (Å²) in [6.45, 7) is 6.75. The minimum absolute atomic E-state index is 0.0414. The molecule has 1 saturated carbocycles. The summed E-state index contributed by atoms with van der Waals surface area (Å²) in [4.78, 5) is 24.3.